The first-order valence-corrected chi connectivity index (χ1v) is 3.99. The number of hydrogen-bond donors (Lipinski definition) is 2. The van der Waals surface area contributed by atoms with E-state index in [0.717, 1.165) is 0 Å². The number of aromatic amines is 1. The van der Waals surface area contributed by atoms with Crippen molar-refractivity contribution in [3.8, 4) is 0 Å². The van der Waals surface area contributed by atoms with Gasteiger partial charge in [0.1, 0.15) is 0 Å². The monoisotopic (exact) mass is 203 g/mol. The molecule has 0 bridgehead atoms. The summed E-state index contributed by atoms with van der Waals surface area (Å²) in [5.41, 5.74) is 9.10. The number of carboxylic acid groups (broad SMARTS) is 1. The second-order valence-corrected chi connectivity index (χ2v) is 2.80. The van der Waals surface area contributed by atoms with Crippen LogP contribution in [0.15, 0.2) is 23.3 Å². The van der Waals surface area contributed by atoms with Gasteiger partial charge in [-0.15, -0.1) is 0 Å². The van der Waals surface area contributed by atoms with E-state index in [1.165, 1.54) is 6.07 Å². The van der Waals surface area contributed by atoms with Gasteiger partial charge in [0.15, 0.2) is 5.69 Å². The van der Waals surface area contributed by atoms with Gasteiger partial charge in [-0.05, 0) is 17.7 Å². The second kappa shape index (κ2) is 3.32. The van der Waals surface area contributed by atoms with Crippen LogP contribution in [0.1, 0.15) is 10.5 Å². The van der Waals surface area contributed by atoms with E-state index >= 15 is 0 Å². The Balaban J connectivity index is 2.71. The molecule has 0 radical (unpaired) electrons. The molecule has 0 spiro atoms. The molecule has 0 amide bonds. The lowest BCUT2D eigenvalue weighted by Gasteiger charge is -1.92. The molecule has 2 aromatic rings. The summed E-state index contributed by atoms with van der Waals surface area (Å²) in [7, 11) is 0. The fraction of sp³-hybridized carbons (Fsp3) is 0. The number of aromatic carboxylic acids is 1. The molecule has 0 unspecified atom stereocenters. The SMILES string of the molecule is [N-]=[N+]=Nc1ccc2[nH]nc(C(=O)O)c2c1. The van der Waals surface area contributed by atoms with Crippen LogP contribution >= 0.6 is 0 Å². The van der Waals surface area contributed by atoms with Gasteiger partial charge >= 0.3 is 5.97 Å². The zero-order chi connectivity index (χ0) is 10.8. The van der Waals surface area contributed by atoms with Crippen LogP contribution in [0.5, 0.6) is 0 Å². The van der Waals surface area contributed by atoms with Crippen molar-refractivity contribution in [2.45, 2.75) is 0 Å². The minimum Gasteiger partial charge on any atom is -0.476 e. The van der Waals surface area contributed by atoms with E-state index in [-0.39, 0.29) is 5.69 Å². The van der Waals surface area contributed by atoms with Crippen LogP contribution in [0.4, 0.5) is 5.69 Å². The second-order valence-electron chi connectivity index (χ2n) is 2.80. The molecule has 1 aromatic carbocycles. The molecule has 74 valence electrons. The highest BCUT2D eigenvalue weighted by atomic mass is 16.4. The summed E-state index contributed by atoms with van der Waals surface area (Å²) in [6, 6.07) is 4.66. The number of rotatable bonds is 2. The molecule has 0 atom stereocenters. The molecule has 7 nitrogen and oxygen atoms in total. The third-order valence-corrected chi connectivity index (χ3v) is 1.91. The van der Waals surface area contributed by atoms with Gasteiger partial charge in [0.05, 0.1) is 5.52 Å². The molecular weight excluding hydrogens is 198 g/mol. The van der Waals surface area contributed by atoms with Crippen LogP contribution in [0.25, 0.3) is 21.3 Å². The largest absolute Gasteiger partial charge is 0.476 e. The first-order chi connectivity index (χ1) is 7.22. The van der Waals surface area contributed by atoms with Gasteiger partial charge in [0, 0.05) is 16.0 Å². The maximum Gasteiger partial charge on any atom is 0.357 e. The molecule has 0 aliphatic rings. The standard InChI is InChI=1S/C8H5N5O2/c9-13-10-4-1-2-6-5(3-4)7(8(14)15)12-11-6/h1-3H,(H,11,12)(H,14,15). The molecule has 2 N–H and O–H groups in total. The fourth-order valence-electron chi connectivity index (χ4n) is 1.28. The number of aromatic nitrogens is 2. The molecule has 1 heterocycles. The Bertz CT molecular complexity index is 582. The molecule has 2 rings (SSSR count). The van der Waals surface area contributed by atoms with Gasteiger partial charge in [-0.25, -0.2) is 4.79 Å². The van der Waals surface area contributed by atoms with Crippen molar-refractivity contribution in [2.75, 3.05) is 0 Å². The summed E-state index contributed by atoms with van der Waals surface area (Å²) in [6.45, 7) is 0. The van der Waals surface area contributed by atoms with E-state index in [4.69, 9.17) is 10.6 Å². The van der Waals surface area contributed by atoms with Gasteiger partial charge in [-0.1, -0.05) is 11.2 Å². The van der Waals surface area contributed by atoms with Crippen molar-refractivity contribution < 1.29 is 9.90 Å². The zero-order valence-electron chi connectivity index (χ0n) is 7.38. The van der Waals surface area contributed by atoms with Crippen LogP contribution in [0.2, 0.25) is 0 Å². The number of nitrogens with one attached hydrogen (secondary N) is 1. The van der Waals surface area contributed by atoms with E-state index in [2.05, 4.69) is 20.2 Å². The Labute approximate surface area is 83.0 Å². The highest BCUT2D eigenvalue weighted by molar-refractivity contribution is 6.01. The van der Waals surface area contributed by atoms with Gasteiger partial charge in [0.2, 0.25) is 0 Å². The van der Waals surface area contributed by atoms with Gasteiger partial charge in [-0.2, -0.15) is 5.10 Å². The lowest BCUT2D eigenvalue weighted by Crippen LogP contribution is -1.96. The van der Waals surface area contributed by atoms with Gasteiger partial charge in [-0.3, -0.25) is 5.10 Å². The van der Waals surface area contributed by atoms with Gasteiger partial charge in [0.25, 0.3) is 0 Å². The summed E-state index contributed by atoms with van der Waals surface area (Å²) >= 11 is 0. The number of hydrogen-bond acceptors (Lipinski definition) is 3. The summed E-state index contributed by atoms with van der Waals surface area (Å²) in [5.74, 6) is -1.13. The quantitative estimate of drug-likeness (QED) is 0.442. The number of benzene rings is 1. The minimum absolute atomic E-state index is 0.0833. The Kier molecular flexibility index (Phi) is 2.00. The van der Waals surface area contributed by atoms with Crippen LogP contribution in [0, 0.1) is 0 Å². The first kappa shape index (κ1) is 9.04. The molecular formula is C8H5N5O2. The van der Waals surface area contributed by atoms with Crippen molar-refractivity contribution in [1.82, 2.24) is 10.2 Å². The number of azide groups is 1. The van der Waals surface area contributed by atoms with Crippen molar-refractivity contribution >= 4 is 22.6 Å². The molecule has 0 aliphatic carbocycles. The van der Waals surface area contributed by atoms with Crippen LogP contribution in [-0.2, 0) is 0 Å². The number of nitrogens with zero attached hydrogens (tertiary/aromatic N) is 4. The smallest absolute Gasteiger partial charge is 0.357 e. The topological polar surface area (TPSA) is 115 Å². The summed E-state index contributed by atoms with van der Waals surface area (Å²) in [6.07, 6.45) is 0. The van der Waals surface area contributed by atoms with Crippen LogP contribution in [-0.4, -0.2) is 21.3 Å². The lowest BCUT2D eigenvalue weighted by atomic mass is 10.2. The molecule has 0 saturated carbocycles. The minimum atomic E-state index is -1.13. The molecule has 1 aromatic heterocycles. The van der Waals surface area contributed by atoms with E-state index in [9.17, 15) is 4.79 Å². The third-order valence-electron chi connectivity index (χ3n) is 1.91. The highest BCUT2D eigenvalue weighted by Crippen LogP contribution is 2.22. The van der Waals surface area contributed by atoms with Crippen LogP contribution < -0.4 is 0 Å². The van der Waals surface area contributed by atoms with E-state index < -0.39 is 5.97 Å². The highest BCUT2D eigenvalue weighted by Gasteiger charge is 2.12. The summed E-state index contributed by atoms with van der Waals surface area (Å²) in [5, 5.41) is 18.8. The Hall–Kier alpha value is -2.53. The van der Waals surface area contributed by atoms with Crippen molar-refractivity contribution in [2.24, 2.45) is 5.11 Å². The average Bonchev–Trinajstić information content (AvgIpc) is 2.61. The predicted molar refractivity (Wildman–Crippen MR) is 51.9 cm³/mol. The molecule has 0 aliphatic heterocycles. The summed E-state index contributed by atoms with van der Waals surface area (Å²) < 4.78 is 0. The first-order valence-electron chi connectivity index (χ1n) is 3.99. The third kappa shape index (κ3) is 1.47. The number of carboxylic acids is 1. The van der Waals surface area contributed by atoms with Crippen molar-refractivity contribution in [1.29, 1.82) is 0 Å². The van der Waals surface area contributed by atoms with Crippen molar-refractivity contribution in [3.63, 3.8) is 0 Å². The van der Waals surface area contributed by atoms with Crippen molar-refractivity contribution in [3.05, 3.63) is 34.3 Å². The predicted octanol–water partition coefficient (Wildman–Crippen LogP) is 2.20. The normalized spacial score (nSPS) is 9.87. The Morgan fingerprint density at radius 1 is 1.60 bits per heavy atom. The van der Waals surface area contributed by atoms with E-state index in [1.54, 1.807) is 12.1 Å². The molecule has 0 fully saturated rings. The number of H-pyrrole nitrogens is 1. The Morgan fingerprint density at radius 2 is 2.40 bits per heavy atom. The van der Waals surface area contributed by atoms with E-state index in [1.807, 2.05) is 0 Å². The molecule has 7 heteroatoms. The zero-order valence-corrected chi connectivity index (χ0v) is 7.38. The lowest BCUT2D eigenvalue weighted by molar-refractivity contribution is 0.0692. The summed E-state index contributed by atoms with van der Waals surface area (Å²) in [4.78, 5) is 13.4. The van der Waals surface area contributed by atoms with E-state index in [0.29, 0.717) is 16.6 Å². The number of carbonyl (C=O) groups is 1. The Morgan fingerprint density at radius 3 is 3.07 bits per heavy atom. The molecule has 0 saturated heterocycles. The molecule has 15 heavy (non-hydrogen) atoms. The average molecular weight is 203 g/mol. The maximum atomic E-state index is 10.8. The fourth-order valence-corrected chi connectivity index (χ4v) is 1.28. The van der Waals surface area contributed by atoms with Crippen LogP contribution in [0.3, 0.4) is 0 Å². The van der Waals surface area contributed by atoms with Gasteiger partial charge < -0.3 is 5.11 Å². The maximum absolute atomic E-state index is 10.8. The number of fused-ring (bicyclic) bond motifs is 1.